The van der Waals surface area contributed by atoms with Crippen LogP contribution in [-0.2, 0) is 26.2 Å². The molecule has 0 unspecified atom stereocenters. The lowest BCUT2D eigenvalue weighted by molar-refractivity contribution is -0.141. The average Bonchev–Trinajstić information content (AvgIpc) is 3.11. The molecule has 210 valence electrons. The van der Waals surface area contributed by atoms with E-state index in [0.717, 1.165) is 36.4 Å². The van der Waals surface area contributed by atoms with Crippen LogP contribution in [0.2, 0.25) is 10.0 Å². The van der Waals surface area contributed by atoms with Crippen molar-refractivity contribution in [1.29, 1.82) is 0 Å². The Morgan fingerprint density at radius 1 is 1.05 bits per heavy atom. The molecular weight excluding hydrogens is 561 g/mol. The molecule has 1 N–H and O–H groups in total. The SMILES string of the molecule is CC[C@@H](C(=O)NC1CCCCC1)N(Cc1c(Cl)cccc1Cl)C(=O)CCCN1C(=O)c2ccccc2S1(=O)=O. The van der Waals surface area contributed by atoms with Crippen molar-refractivity contribution in [2.75, 3.05) is 6.54 Å². The van der Waals surface area contributed by atoms with Gasteiger partial charge in [-0.25, -0.2) is 12.7 Å². The third kappa shape index (κ3) is 6.42. The molecule has 0 spiro atoms. The van der Waals surface area contributed by atoms with E-state index in [1.165, 1.54) is 17.0 Å². The van der Waals surface area contributed by atoms with E-state index < -0.39 is 22.0 Å². The molecule has 1 fully saturated rings. The molecule has 1 atom stereocenters. The molecule has 0 aromatic heterocycles. The number of halogens is 2. The quantitative estimate of drug-likeness (QED) is 0.409. The number of carbonyl (C=O) groups is 3. The van der Waals surface area contributed by atoms with Crippen molar-refractivity contribution in [3.8, 4) is 0 Å². The molecule has 1 saturated carbocycles. The third-order valence-electron chi connectivity index (χ3n) is 7.39. The molecule has 11 heteroatoms. The molecule has 2 aromatic rings. The minimum Gasteiger partial charge on any atom is -0.352 e. The van der Waals surface area contributed by atoms with Crippen LogP contribution in [0, 0.1) is 0 Å². The molecule has 3 amide bonds. The van der Waals surface area contributed by atoms with E-state index in [-0.39, 0.29) is 54.2 Å². The van der Waals surface area contributed by atoms with Crippen molar-refractivity contribution in [2.45, 2.75) is 81.8 Å². The van der Waals surface area contributed by atoms with Gasteiger partial charge in [0.25, 0.3) is 15.9 Å². The van der Waals surface area contributed by atoms with Crippen LogP contribution < -0.4 is 5.32 Å². The van der Waals surface area contributed by atoms with Crippen molar-refractivity contribution in [3.05, 3.63) is 63.6 Å². The van der Waals surface area contributed by atoms with Gasteiger partial charge in [0, 0.05) is 41.2 Å². The molecule has 8 nitrogen and oxygen atoms in total. The maximum Gasteiger partial charge on any atom is 0.269 e. The molecule has 1 heterocycles. The minimum atomic E-state index is -3.96. The number of nitrogens with zero attached hydrogens (tertiary/aromatic N) is 2. The molecule has 2 aliphatic rings. The van der Waals surface area contributed by atoms with Crippen molar-refractivity contribution in [3.63, 3.8) is 0 Å². The first kappa shape index (κ1) is 29.4. The Labute approximate surface area is 239 Å². The van der Waals surface area contributed by atoms with Crippen molar-refractivity contribution in [2.24, 2.45) is 0 Å². The zero-order valence-corrected chi connectivity index (χ0v) is 24.2. The second-order valence-electron chi connectivity index (χ2n) is 9.97. The predicted molar refractivity (Wildman–Crippen MR) is 150 cm³/mol. The molecule has 2 aromatic carbocycles. The van der Waals surface area contributed by atoms with Crippen LogP contribution in [0.4, 0.5) is 0 Å². The summed E-state index contributed by atoms with van der Waals surface area (Å²) in [5, 5.41) is 3.88. The smallest absolute Gasteiger partial charge is 0.269 e. The van der Waals surface area contributed by atoms with E-state index in [1.807, 2.05) is 6.92 Å². The van der Waals surface area contributed by atoms with Gasteiger partial charge < -0.3 is 10.2 Å². The predicted octanol–water partition coefficient (Wildman–Crippen LogP) is 5.17. The minimum absolute atomic E-state index is 0.0262. The van der Waals surface area contributed by atoms with Crippen LogP contribution in [0.5, 0.6) is 0 Å². The largest absolute Gasteiger partial charge is 0.352 e. The van der Waals surface area contributed by atoms with Crippen molar-refractivity contribution in [1.82, 2.24) is 14.5 Å². The lowest BCUT2D eigenvalue weighted by atomic mass is 9.95. The van der Waals surface area contributed by atoms with E-state index in [1.54, 1.807) is 30.3 Å². The molecular formula is C28H33Cl2N3O5S. The van der Waals surface area contributed by atoms with Crippen molar-refractivity contribution < 1.29 is 22.8 Å². The molecule has 0 saturated heterocycles. The molecule has 1 aliphatic heterocycles. The van der Waals surface area contributed by atoms with Gasteiger partial charge in [-0.1, -0.05) is 67.6 Å². The van der Waals surface area contributed by atoms with Gasteiger partial charge in [0.2, 0.25) is 11.8 Å². The number of sulfonamides is 1. The summed E-state index contributed by atoms with van der Waals surface area (Å²) in [5.74, 6) is -1.18. The number of fused-ring (bicyclic) bond motifs is 1. The summed E-state index contributed by atoms with van der Waals surface area (Å²) >= 11 is 12.8. The summed E-state index contributed by atoms with van der Waals surface area (Å²) < 4.78 is 26.6. The second kappa shape index (κ2) is 12.7. The van der Waals surface area contributed by atoms with Gasteiger partial charge >= 0.3 is 0 Å². The lowest BCUT2D eigenvalue weighted by Crippen LogP contribution is -2.51. The fourth-order valence-electron chi connectivity index (χ4n) is 5.29. The number of rotatable bonds is 10. The normalized spacial score (nSPS) is 17.5. The monoisotopic (exact) mass is 593 g/mol. The first-order valence-electron chi connectivity index (χ1n) is 13.3. The first-order chi connectivity index (χ1) is 18.6. The van der Waals surface area contributed by atoms with Gasteiger partial charge in [-0.05, 0) is 49.9 Å². The molecule has 0 bridgehead atoms. The molecule has 1 aliphatic carbocycles. The maximum atomic E-state index is 13.6. The standard InChI is InChI=1S/C28H33Cl2N3O5S/c1-2-24(27(35)31-19-10-4-3-5-11-19)32(18-21-22(29)13-8-14-23(21)30)26(34)16-9-17-33-28(36)20-12-6-7-15-25(20)39(33,37)38/h6-8,12-15,19,24H,2-5,9-11,16-18H2,1H3,(H,31,35)/t24-/m0/s1. The van der Waals surface area contributed by atoms with Crippen LogP contribution in [0.15, 0.2) is 47.4 Å². The Morgan fingerprint density at radius 2 is 1.72 bits per heavy atom. The van der Waals surface area contributed by atoms with Crippen molar-refractivity contribution >= 4 is 50.9 Å². The van der Waals surface area contributed by atoms with Crippen LogP contribution in [-0.4, -0.2) is 54.0 Å². The Morgan fingerprint density at radius 3 is 2.36 bits per heavy atom. The number of hydrogen-bond donors (Lipinski definition) is 1. The summed E-state index contributed by atoms with van der Waals surface area (Å²) in [6, 6.07) is 10.4. The zero-order chi connectivity index (χ0) is 28.2. The first-order valence-corrected chi connectivity index (χ1v) is 15.5. The van der Waals surface area contributed by atoms with Gasteiger partial charge in [-0.2, -0.15) is 0 Å². The number of carbonyl (C=O) groups excluding carboxylic acids is 3. The van der Waals surface area contributed by atoms with Gasteiger partial charge in [-0.15, -0.1) is 0 Å². The number of nitrogens with one attached hydrogen (secondary N) is 1. The highest BCUT2D eigenvalue weighted by Gasteiger charge is 2.40. The maximum absolute atomic E-state index is 13.6. The van der Waals surface area contributed by atoms with E-state index in [9.17, 15) is 22.8 Å². The Bertz CT molecular complexity index is 1320. The Balaban J connectivity index is 1.50. The van der Waals surface area contributed by atoms with E-state index in [0.29, 0.717) is 22.0 Å². The highest BCUT2D eigenvalue weighted by molar-refractivity contribution is 7.90. The number of benzene rings is 2. The summed E-state index contributed by atoms with van der Waals surface area (Å²) in [6.07, 6.45) is 5.50. The Hall–Kier alpha value is -2.62. The highest BCUT2D eigenvalue weighted by Crippen LogP contribution is 2.31. The zero-order valence-electron chi connectivity index (χ0n) is 21.9. The van der Waals surface area contributed by atoms with E-state index in [4.69, 9.17) is 23.2 Å². The molecule has 4 rings (SSSR count). The van der Waals surface area contributed by atoms with Crippen LogP contribution in [0.1, 0.15) is 74.2 Å². The fraction of sp³-hybridized carbons (Fsp3) is 0.464. The van der Waals surface area contributed by atoms with Gasteiger partial charge in [0.15, 0.2) is 0 Å². The summed E-state index contributed by atoms with van der Waals surface area (Å²) in [5.41, 5.74) is 0.662. The average molecular weight is 595 g/mol. The molecule has 39 heavy (non-hydrogen) atoms. The summed E-state index contributed by atoms with van der Waals surface area (Å²) in [4.78, 5) is 41.2. The summed E-state index contributed by atoms with van der Waals surface area (Å²) in [6.45, 7) is 1.72. The van der Waals surface area contributed by atoms with Crippen LogP contribution in [0.3, 0.4) is 0 Å². The highest BCUT2D eigenvalue weighted by atomic mass is 35.5. The van der Waals surface area contributed by atoms with Crippen LogP contribution >= 0.6 is 23.2 Å². The Kier molecular flexibility index (Phi) is 9.56. The third-order valence-corrected chi connectivity index (χ3v) is 9.94. The topological polar surface area (TPSA) is 104 Å². The van der Waals surface area contributed by atoms with Gasteiger partial charge in [-0.3, -0.25) is 14.4 Å². The van der Waals surface area contributed by atoms with E-state index in [2.05, 4.69) is 5.32 Å². The van der Waals surface area contributed by atoms with Crippen LogP contribution in [0.25, 0.3) is 0 Å². The lowest BCUT2D eigenvalue weighted by Gasteiger charge is -2.33. The van der Waals surface area contributed by atoms with E-state index >= 15 is 0 Å². The second-order valence-corrected chi connectivity index (χ2v) is 12.6. The van der Waals surface area contributed by atoms with Gasteiger partial charge in [0.05, 0.1) is 5.56 Å². The number of hydrogen-bond acceptors (Lipinski definition) is 5. The number of amides is 3. The summed E-state index contributed by atoms with van der Waals surface area (Å²) in [7, 11) is -3.96. The fourth-order valence-corrected chi connectivity index (χ4v) is 7.41. The molecule has 0 radical (unpaired) electrons. The van der Waals surface area contributed by atoms with Gasteiger partial charge in [0.1, 0.15) is 10.9 Å².